The van der Waals surface area contributed by atoms with E-state index in [1.54, 1.807) is 0 Å². The smallest absolute Gasteiger partial charge is 0.131 e. The summed E-state index contributed by atoms with van der Waals surface area (Å²) in [5.41, 5.74) is 3.27. The summed E-state index contributed by atoms with van der Waals surface area (Å²) in [6.07, 6.45) is 0. The van der Waals surface area contributed by atoms with Gasteiger partial charge in [-0.2, -0.15) is 11.2 Å². The molecule has 1 nitrogen and oxygen atoms in total. The average Bonchev–Trinajstić information content (AvgIpc) is 2.35. The molecule has 0 aliphatic heterocycles. The molecule has 0 aliphatic rings. The Bertz CT molecular complexity index is 362. The van der Waals surface area contributed by atoms with Gasteiger partial charge in [-0.1, -0.05) is 53.7 Å². The maximum absolute atomic E-state index is 9.13. The van der Waals surface area contributed by atoms with Crippen LogP contribution in [0.3, 0.4) is 0 Å². The molecule has 0 saturated carbocycles. The molecule has 0 fully saturated rings. The van der Waals surface area contributed by atoms with Crippen LogP contribution in [0.25, 0.3) is 0 Å². The van der Waals surface area contributed by atoms with E-state index in [0.29, 0.717) is 0 Å². The number of hydrogen-bond acceptors (Lipinski definition) is 2. The third kappa shape index (κ3) is 3.64. The van der Waals surface area contributed by atoms with E-state index >= 15 is 0 Å². The molecule has 0 spiro atoms. The molecular weight excluding hydrogens is 268 g/mol. The van der Waals surface area contributed by atoms with Gasteiger partial charge in [0, 0.05) is 4.90 Å². The summed E-state index contributed by atoms with van der Waals surface area (Å²) < 4.78 is 0. The predicted molar refractivity (Wildman–Crippen MR) is 89.3 cm³/mol. The van der Waals surface area contributed by atoms with Crippen LogP contribution in [0.4, 0.5) is 0 Å². The van der Waals surface area contributed by atoms with E-state index in [1.165, 1.54) is 4.90 Å². The van der Waals surface area contributed by atoms with Crippen LogP contribution in [-0.4, -0.2) is 12.3 Å². The third-order valence-corrected chi connectivity index (χ3v) is 16.4. The first-order chi connectivity index (χ1) is 8.84. The van der Waals surface area contributed by atoms with E-state index in [4.69, 9.17) is 5.11 Å². The van der Waals surface area contributed by atoms with Crippen LogP contribution in [0, 0.1) is 0 Å². The van der Waals surface area contributed by atoms with Gasteiger partial charge in [0.1, 0.15) is 7.22 Å². The molecule has 0 heterocycles. The molecule has 0 aliphatic carbocycles. The quantitative estimate of drug-likeness (QED) is 0.705. The van der Waals surface area contributed by atoms with Gasteiger partial charge in [-0.25, -0.2) is 0 Å². The minimum Gasteiger partial charge on any atom is -0.392 e. The van der Waals surface area contributed by atoms with Crippen LogP contribution < -0.4 is 0 Å². The van der Waals surface area contributed by atoms with Crippen LogP contribution in [0.2, 0.25) is 16.6 Å². The Morgan fingerprint density at radius 1 is 0.895 bits per heavy atom. The summed E-state index contributed by atoms with van der Waals surface area (Å²) in [5.74, 6) is 0. The Kier molecular flexibility index (Phi) is 6.15. The molecule has 1 aromatic rings. The van der Waals surface area contributed by atoms with E-state index in [9.17, 15) is 0 Å². The molecule has 1 aromatic carbocycles. The van der Waals surface area contributed by atoms with E-state index in [2.05, 4.69) is 64.9 Å². The Balaban J connectivity index is 3.06. The third-order valence-electron chi connectivity index (χ3n) is 4.11. The molecule has 0 atom stereocenters. The Labute approximate surface area is 123 Å². The summed E-state index contributed by atoms with van der Waals surface area (Å²) in [6, 6.07) is 8.43. The fraction of sp³-hybridized carbons (Fsp3) is 0.625. The van der Waals surface area contributed by atoms with Crippen LogP contribution in [0.5, 0.6) is 0 Å². The fourth-order valence-electron chi connectivity index (χ4n) is 3.22. The van der Waals surface area contributed by atoms with Crippen molar-refractivity contribution in [2.75, 3.05) is 0 Å². The molecule has 0 amide bonds. The van der Waals surface area contributed by atoms with Gasteiger partial charge in [0.15, 0.2) is 0 Å². The highest BCUT2D eigenvalue weighted by Gasteiger charge is 2.43. The van der Waals surface area contributed by atoms with Crippen LogP contribution in [0.15, 0.2) is 29.2 Å². The molecular formula is C16H28OSSi. The van der Waals surface area contributed by atoms with Crippen molar-refractivity contribution in [1.29, 1.82) is 0 Å². The molecule has 0 bridgehead atoms. The summed E-state index contributed by atoms with van der Waals surface area (Å²) >= 11 is 2.14. The summed E-state index contributed by atoms with van der Waals surface area (Å²) in [7, 11) is -1.44. The van der Waals surface area contributed by atoms with Crippen molar-refractivity contribution in [1.82, 2.24) is 0 Å². The molecule has 3 heteroatoms. The maximum atomic E-state index is 9.13. The first-order valence-corrected chi connectivity index (χ1v) is 11.0. The largest absolute Gasteiger partial charge is 0.392 e. The zero-order chi connectivity index (χ0) is 14.6. The molecule has 0 radical (unpaired) electrons. The topological polar surface area (TPSA) is 20.2 Å². The molecule has 0 unspecified atom stereocenters. The second-order valence-corrected chi connectivity index (χ2v) is 14.8. The van der Waals surface area contributed by atoms with E-state index in [0.717, 1.165) is 22.2 Å². The standard InChI is InChI=1S/C16H28OSSi/c1-12(2)19(13(3)4,14(5)6)18-16-9-7-15(11-17)8-10-16/h7-10,12-14,17H,11H2,1-6H3. The van der Waals surface area contributed by atoms with E-state index < -0.39 is 7.22 Å². The predicted octanol–water partition coefficient (Wildman–Crippen LogP) is 5.45. The lowest BCUT2D eigenvalue weighted by Crippen LogP contribution is -2.40. The zero-order valence-electron chi connectivity index (χ0n) is 13.1. The fourth-order valence-corrected chi connectivity index (χ4v) is 12.4. The lowest BCUT2D eigenvalue weighted by atomic mass is 10.2. The van der Waals surface area contributed by atoms with E-state index in [-0.39, 0.29) is 6.61 Å². The van der Waals surface area contributed by atoms with Crippen molar-refractivity contribution in [2.24, 2.45) is 0 Å². The summed E-state index contributed by atoms with van der Waals surface area (Å²) in [4.78, 5) is 1.36. The molecule has 0 saturated heterocycles. The molecule has 1 N–H and O–H groups in total. The highest BCUT2D eigenvalue weighted by molar-refractivity contribution is 8.29. The minimum absolute atomic E-state index is 0.131. The summed E-state index contributed by atoms with van der Waals surface area (Å²) in [6.45, 7) is 14.5. The van der Waals surface area contributed by atoms with Crippen molar-refractivity contribution in [2.45, 2.75) is 69.7 Å². The van der Waals surface area contributed by atoms with Crippen molar-refractivity contribution >= 4 is 18.4 Å². The number of aliphatic hydroxyl groups is 1. The monoisotopic (exact) mass is 296 g/mol. The Morgan fingerprint density at radius 2 is 1.32 bits per heavy atom. The second kappa shape index (κ2) is 6.96. The number of rotatable bonds is 6. The van der Waals surface area contributed by atoms with Gasteiger partial charge in [0.25, 0.3) is 0 Å². The van der Waals surface area contributed by atoms with Gasteiger partial charge in [0.2, 0.25) is 0 Å². The average molecular weight is 297 g/mol. The first kappa shape index (κ1) is 16.8. The van der Waals surface area contributed by atoms with Crippen molar-refractivity contribution < 1.29 is 5.11 Å². The molecule has 19 heavy (non-hydrogen) atoms. The van der Waals surface area contributed by atoms with Gasteiger partial charge < -0.3 is 5.11 Å². The van der Waals surface area contributed by atoms with Gasteiger partial charge in [-0.05, 0) is 34.3 Å². The zero-order valence-corrected chi connectivity index (χ0v) is 14.9. The normalized spacial score (nSPS) is 12.7. The van der Waals surface area contributed by atoms with E-state index in [1.807, 2.05) is 12.1 Å². The highest BCUT2D eigenvalue weighted by Crippen LogP contribution is 2.51. The number of aliphatic hydroxyl groups excluding tert-OH is 1. The number of benzene rings is 1. The van der Waals surface area contributed by atoms with Gasteiger partial charge in [-0.15, -0.1) is 0 Å². The minimum atomic E-state index is -1.44. The summed E-state index contributed by atoms with van der Waals surface area (Å²) in [5, 5.41) is 9.13. The van der Waals surface area contributed by atoms with Gasteiger partial charge in [-0.3, -0.25) is 0 Å². The number of hydrogen-bond donors (Lipinski definition) is 1. The molecule has 1 rings (SSSR count). The molecule has 0 aromatic heterocycles. The Morgan fingerprint density at radius 3 is 1.63 bits per heavy atom. The lowest BCUT2D eigenvalue weighted by molar-refractivity contribution is 0.282. The second-order valence-electron chi connectivity index (χ2n) is 6.22. The molecule has 108 valence electrons. The first-order valence-electron chi connectivity index (χ1n) is 7.23. The van der Waals surface area contributed by atoms with Crippen LogP contribution in [-0.2, 0) is 6.61 Å². The van der Waals surface area contributed by atoms with Crippen LogP contribution in [0.1, 0.15) is 47.1 Å². The van der Waals surface area contributed by atoms with Crippen molar-refractivity contribution in [3.63, 3.8) is 0 Å². The Hall–Kier alpha value is -0.253. The highest BCUT2D eigenvalue weighted by atomic mass is 32.4. The van der Waals surface area contributed by atoms with Gasteiger partial charge >= 0.3 is 0 Å². The SMILES string of the molecule is CC(C)[Si](Sc1ccc(CO)cc1)(C(C)C)C(C)C. The lowest BCUT2D eigenvalue weighted by Gasteiger charge is -2.42. The maximum Gasteiger partial charge on any atom is 0.131 e. The van der Waals surface area contributed by atoms with Crippen molar-refractivity contribution in [3.8, 4) is 0 Å². The van der Waals surface area contributed by atoms with Crippen LogP contribution >= 0.6 is 11.2 Å². The van der Waals surface area contributed by atoms with Gasteiger partial charge in [0.05, 0.1) is 6.61 Å². The van der Waals surface area contributed by atoms with Crippen molar-refractivity contribution in [3.05, 3.63) is 29.8 Å².